The van der Waals surface area contributed by atoms with Crippen molar-refractivity contribution in [2.75, 3.05) is 7.11 Å². The van der Waals surface area contributed by atoms with Crippen LogP contribution in [0.5, 0.6) is 11.5 Å². The molecule has 0 aliphatic carbocycles. The van der Waals surface area contributed by atoms with Gasteiger partial charge in [-0.3, -0.25) is 0 Å². The van der Waals surface area contributed by atoms with Crippen molar-refractivity contribution < 1.29 is 20.0 Å². The lowest BCUT2D eigenvalue weighted by Gasteiger charge is -1.97. The molecular weight excluding hydrogens is 162 g/mol. The maximum absolute atomic E-state index is 10.4. The average Bonchev–Trinajstić information content (AvgIpc) is 2.05. The molecule has 0 aromatic heterocycles. The van der Waals surface area contributed by atoms with E-state index in [4.69, 9.17) is 15.1 Å². The van der Waals surface area contributed by atoms with E-state index in [0.717, 1.165) is 0 Å². The molecule has 0 aliphatic heterocycles. The number of hydrogen-bond acceptors (Lipinski definition) is 3. The Kier molecular flexibility index (Phi) is 2.14. The predicted molar refractivity (Wildman–Crippen MR) is 39.7 cm³/mol. The number of ether oxygens (including phenoxy) is 1. The van der Waals surface area contributed by atoms with E-state index in [9.17, 15) is 4.91 Å². The van der Waals surface area contributed by atoms with Crippen molar-refractivity contribution in [3.8, 4) is 11.5 Å². The van der Waals surface area contributed by atoms with Crippen LogP contribution in [0, 0.1) is 4.91 Å². The first-order valence-electron chi connectivity index (χ1n) is 3.18. The minimum atomic E-state index is -0.419. The second-order valence-corrected chi connectivity index (χ2v) is 2.13. The molecule has 0 fully saturated rings. The van der Waals surface area contributed by atoms with Crippen LogP contribution >= 0.6 is 0 Å². The molecule has 1 rings (SSSR count). The molecule has 64 valence electrons. The summed E-state index contributed by atoms with van der Waals surface area (Å²) in [5.74, 6) is 0.0889. The minimum absolute atomic E-state index is 0.241. The molecule has 0 unspecified atom stereocenters. The molecule has 0 radical (unpaired) electrons. The highest BCUT2D eigenvalue weighted by Gasteiger charge is 2.18. The van der Waals surface area contributed by atoms with E-state index in [2.05, 4.69) is 0 Å². The number of benzene rings is 1. The molecule has 5 heteroatoms. The number of methoxy groups -OCH3 is 1. The van der Waals surface area contributed by atoms with Gasteiger partial charge in [0.25, 0.3) is 4.92 Å². The maximum atomic E-state index is 10.4. The lowest BCUT2D eigenvalue weighted by atomic mass is 10.3. The summed E-state index contributed by atoms with van der Waals surface area (Å²) in [6, 6.07) is 3.96. The number of nitrogens with zero attached hydrogens (tertiary/aromatic N) is 1. The van der Waals surface area contributed by atoms with Crippen LogP contribution in [0.4, 0.5) is 5.69 Å². The van der Waals surface area contributed by atoms with Gasteiger partial charge in [0.05, 0.1) is 18.1 Å². The summed E-state index contributed by atoms with van der Waals surface area (Å²) in [4.78, 5) is 9.97. The van der Waals surface area contributed by atoms with E-state index in [1.165, 1.54) is 25.3 Å². The van der Waals surface area contributed by atoms with Gasteiger partial charge in [-0.2, -0.15) is 0 Å². The smallest absolute Gasteiger partial charge is 0.361 e. The standard InChI is InChI=1S/C7H7NO4/c1-12-5-2-3-7(9)6(4-5)8(10)11/h2-4H,1H3,(H-,9,10,11)/p+1. The van der Waals surface area contributed by atoms with Crippen molar-refractivity contribution in [2.24, 2.45) is 0 Å². The van der Waals surface area contributed by atoms with Gasteiger partial charge in [-0.1, -0.05) is 0 Å². The normalized spacial score (nSPS) is 9.42. The highest BCUT2D eigenvalue weighted by molar-refractivity contribution is 5.49. The number of phenols is 1. The molecule has 0 amide bonds. The van der Waals surface area contributed by atoms with E-state index in [1.54, 1.807) is 0 Å². The molecule has 0 saturated heterocycles. The average molecular weight is 170 g/mol. The van der Waals surface area contributed by atoms with Gasteiger partial charge < -0.3 is 9.84 Å². The van der Waals surface area contributed by atoms with Gasteiger partial charge in [0, 0.05) is 0 Å². The summed E-state index contributed by atoms with van der Waals surface area (Å²) >= 11 is 0. The molecule has 0 aliphatic rings. The fraction of sp³-hybridized carbons (Fsp3) is 0.143. The first-order chi connectivity index (χ1) is 5.65. The quantitative estimate of drug-likeness (QED) is 0.654. The molecule has 1 aromatic rings. The van der Waals surface area contributed by atoms with Gasteiger partial charge in [-0.15, -0.1) is 0 Å². The van der Waals surface area contributed by atoms with Gasteiger partial charge >= 0.3 is 5.69 Å². The number of hydrogen-bond donors (Lipinski definition) is 2. The fourth-order valence-corrected chi connectivity index (χ4v) is 0.783. The lowest BCUT2D eigenvalue weighted by molar-refractivity contribution is -0.730. The van der Waals surface area contributed by atoms with Crippen LogP contribution < -0.4 is 4.74 Å². The molecule has 1 aromatic carbocycles. The summed E-state index contributed by atoms with van der Waals surface area (Å²) < 4.78 is 4.77. The molecule has 12 heavy (non-hydrogen) atoms. The molecule has 2 N–H and O–H groups in total. The van der Waals surface area contributed by atoms with E-state index in [0.29, 0.717) is 5.75 Å². The Morgan fingerprint density at radius 3 is 2.67 bits per heavy atom. The van der Waals surface area contributed by atoms with Crippen LogP contribution in [0.1, 0.15) is 0 Å². The van der Waals surface area contributed by atoms with Gasteiger partial charge in [-0.05, 0) is 12.1 Å². The van der Waals surface area contributed by atoms with E-state index in [1.807, 2.05) is 0 Å². The lowest BCUT2D eigenvalue weighted by Crippen LogP contribution is -1.93. The number of rotatable bonds is 2. The monoisotopic (exact) mass is 170 g/mol. The van der Waals surface area contributed by atoms with Gasteiger partial charge in [0.1, 0.15) is 5.75 Å². The van der Waals surface area contributed by atoms with Crippen molar-refractivity contribution in [1.82, 2.24) is 0 Å². The summed E-state index contributed by atoms with van der Waals surface area (Å²) in [7, 11) is 1.42. The van der Waals surface area contributed by atoms with E-state index < -0.39 is 4.92 Å². The summed E-state index contributed by atoms with van der Waals surface area (Å²) in [6.07, 6.45) is 0. The van der Waals surface area contributed by atoms with Gasteiger partial charge in [0.2, 0.25) is 0 Å². The topological polar surface area (TPSA) is 69.8 Å². The minimum Gasteiger partial charge on any atom is -0.502 e. The third kappa shape index (κ3) is 1.45. The second-order valence-electron chi connectivity index (χ2n) is 2.13. The maximum Gasteiger partial charge on any atom is 0.361 e. The van der Waals surface area contributed by atoms with E-state index in [-0.39, 0.29) is 11.4 Å². The third-order valence-electron chi connectivity index (χ3n) is 1.39. The third-order valence-corrected chi connectivity index (χ3v) is 1.39. The second kappa shape index (κ2) is 3.08. The first-order valence-corrected chi connectivity index (χ1v) is 3.18. The largest absolute Gasteiger partial charge is 0.502 e. The zero-order valence-electron chi connectivity index (χ0n) is 6.39. The summed E-state index contributed by atoms with van der Waals surface area (Å²) in [6.45, 7) is 0. The predicted octanol–water partition coefficient (Wildman–Crippen LogP) is 1.20. The van der Waals surface area contributed by atoms with Crippen LogP contribution in [-0.4, -0.2) is 22.3 Å². The van der Waals surface area contributed by atoms with Gasteiger partial charge in [0.15, 0.2) is 5.75 Å². The van der Waals surface area contributed by atoms with Crippen molar-refractivity contribution >= 4 is 5.69 Å². The number of phenolic OH excluding ortho intramolecular Hbond substituents is 1. The van der Waals surface area contributed by atoms with Crippen LogP contribution in [-0.2, 0) is 0 Å². The Morgan fingerprint density at radius 2 is 2.17 bits per heavy atom. The van der Waals surface area contributed by atoms with Crippen LogP contribution in [0.25, 0.3) is 0 Å². The molecule has 0 saturated carbocycles. The van der Waals surface area contributed by atoms with Crippen LogP contribution in [0.3, 0.4) is 0 Å². The summed E-state index contributed by atoms with van der Waals surface area (Å²) in [5, 5.41) is 17.5. The molecule has 0 spiro atoms. The van der Waals surface area contributed by atoms with Crippen molar-refractivity contribution in [1.29, 1.82) is 0 Å². The molecule has 0 heterocycles. The first kappa shape index (κ1) is 8.32. The van der Waals surface area contributed by atoms with Crippen molar-refractivity contribution in [3.05, 3.63) is 23.1 Å². The Morgan fingerprint density at radius 1 is 1.50 bits per heavy atom. The Labute approximate surface area is 68.4 Å². The molecular formula is C7H8NO4+. The SMILES string of the molecule is COc1ccc(O)c([N+](=O)O)c1. The summed E-state index contributed by atoms with van der Waals surface area (Å²) in [5.41, 5.74) is -0.241. The van der Waals surface area contributed by atoms with Crippen LogP contribution in [0.15, 0.2) is 18.2 Å². The molecule has 0 bridgehead atoms. The van der Waals surface area contributed by atoms with Crippen molar-refractivity contribution in [2.45, 2.75) is 0 Å². The Bertz CT molecular complexity index is 310. The fourth-order valence-electron chi connectivity index (χ4n) is 0.783. The van der Waals surface area contributed by atoms with Crippen LogP contribution in [0.2, 0.25) is 0 Å². The highest BCUT2D eigenvalue weighted by atomic mass is 16.6. The van der Waals surface area contributed by atoms with Crippen molar-refractivity contribution in [3.63, 3.8) is 0 Å². The Hall–Kier alpha value is -1.78. The number of aromatic hydroxyl groups is 1. The zero-order valence-corrected chi connectivity index (χ0v) is 6.39. The molecule has 0 atom stereocenters. The van der Waals surface area contributed by atoms with Gasteiger partial charge in [-0.25, -0.2) is 5.21 Å². The zero-order chi connectivity index (χ0) is 9.14. The highest BCUT2D eigenvalue weighted by Crippen LogP contribution is 2.28. The van der Waals surface area contributed by atoms with E-state index >= 15 is 0 Å². The Balaban J connectivity index is 3.17. The molecule has 5 nitrogen and oxygen atoms in total.